The summed E-state index contributed by atoms with van der Waals surface area (Å²) in [5, 5.41) is 1.01. The molecule has 0 heterocycles. The Labute approximate surface area is 139 Å². The number of hydrogen-bond donors (Lipinski definition) is 0. The number of ether oxygens (including phenoxy) is 2. The first-order valence-electron chi connectivity index (χ1n) is 6.79. The van der Waals surface area contributed by atoms with Crippen LogP contribution in [0.25, 0.3) is 0 Å². The van der Waals surface area contributed by atoms with Gasteiger partial charge in [-0.1, -0.05) is 42.3 Å². The van der Waals surface area contributed by atoms with Gasteiger partial charge in [0.05, 0.1) is 18.6 Å². The quantitative estimate of drug-likeness (QED) is 0.679. The molecule has 0 saturated heterocycles. The predicted molar refractivity (Wildman–Crippen MR) is 88.0 cm³/mol. The fourth-order valence-electron chi connectivity index (χ4n) is 2.00. The van der Waals surface area contributed by atoms with Crippen molar-refractivity contribution in [2.24, 2.45) is 0 Å². The molecule has 0 radical (unpaired) electrons. The Morgan fingerprint density at radius 3 is 2.41 bits per heavy atom. The van der Waals surface area contributed by atoms with E-state index in [1.165, 1.54) is 7.11 Å². The van der Waals surface area contributed by atoms with Gasteiger partial charge >= 0.3 is 5.97 Å². The lowest BCUT2D eigenvalue weighted by atomic mass is 9.98. The molecule has 0 aliphatic rings. The van der Waals surface area contributed by atoms with Crippen molar-refractivity contribution in [3.63, 3.8) is 0 Å². The summed E-state index contributed by atoms with van der Waals surface area (Å²) < 4.78 is 10.4. The van der Waals surface area contributed by atoms with Crippen molar-refractivity contribution in [2.75, 3.05) is 7.11 Å². The molecule has 0 bridgehead atoms. The van der Waals surface area contributed by atoms with Crippen molar-refractivity contribution in [1.29, 1.82) is 0 Å². The average molecular weight is 339 g/mol. The number of methoxy groups -OCH3 is 1. The van der Waals surface area contributed by atoms with Gasteiger partial charge in [0.25, 0.3) is 0 Å². The molecule has 0 aliphatic carbocycles. The van der Waals surface area contributed by atoms with E-state index in [4.69, 9.17) is 27.9 Å². The summed E-state index contributed by atoms with van der Waals surface area (Å²) in [6.45, 7) is 1.98. The number of halogens is 2. The summed E-state index contributed by atoms with van der Waals surface area (Å²) in [6, 6.07) is 12.6. The summed E-state index contributed by atoms with van der Waals surface area (Å²) in [4.78, 5) is 11.3. The fraction of sp³-hybridized carbons (Fsp3) is 0.235. The van der Waals surface area contributed by atoms with Crippen molar-refractivity contribution in [1.82, 2.24) is 0 Å². The molecule has 2 rings (SSSR count). The van der Waals surface area contributed by atoms with Gasteiger partial charge in [-0.05, 0) is 41.8 Å². The third-order valence-electron chi connectivity index (χ3n) is 3.27. The van der Waals surface area contributed by atoms with E-state index >= 15 is 0 Å². The van der Waals surface area contributed by atoms with Crippen molar-refractivity contribution in [3.05, 3.63) is 58.1 Å². The van der Waals surface area contributed by atoms with E-state index in [2.05, 4.69) is 4.74 Å². The first-order chi connectivity index (χ1) is 10.5. The Hall–Kier alpha value is -1.71. The molecule has 0 fully saturated rings. The van der Waals surface area contributed by atoms with Gasteiger partial charge in [0.2, 0.25) is 0 Å². The molecule has 0 spiro atoms. The molecule has 0 saturated carbocycles. The summed E-state index contributed by atoms with van der Waals surface area (Å²) in [5.41, 5.74) is 1.04. The molecular formula is C17H16Cl2O3. The lowest BCUT2D eigenvalue weighted by Gasteiger charge is -2.12. The molecule has 0 N–H and O–H groups in total. The van der Waals surface area contributed by atoms with Crippen LogP contribution in [-0.2, 0) is 9.53 Å². The second-order valence-electron chi connectivity index (χ2n) is 4.93. The average Bonchev–Trinajstić information content (AvgIpc) is 2.50. The molecular weight excluding hydrogens is 323 g/mol. The summed E-state index contributed by atoms with van der Waals surface area (Å²) in [7, 11) is 1.39. The summed E-state index contributed by atoms with van der Waals surface area (Å²) >= 11 is 11.9. The first-order valence-corrected chi connectivity index (χ1v) is 7.55. The van der Waals surface area contributed by atoms with Gasteiger partial charge in [0.15, 0.2) is 0 Å². The predicted octanol–water partition coefficient (Wildman–Crippen LogP) is 5.45. The Bertz CT molecular complexity index is 653. The molecule has 3 nitrogen and oxygen atoms in total. The van der Waals surface area contributed by atoms with Gasteiger partial charge in [-0.15, -0.1) is 0 Å². The second-order valence-corrected chi connectivity index (χ2v) is 5.77. The van der Waals surface area contributed by atoms with E-state index in [-0.39, 0.29) is 11.9 Å². The summed E-state index contributed by atoms with van der Waals surface area (Å²) in [6.07, 6.45) is 0.347. The smallest absolute Gasteiger partial charge is 0.306 e. The zero-order chi connectivity index (χ0) is 16.1. The Morgan fingerprint density at radius 1 is 1.14 bits per heavy atom. The third-order valence-corrected chi connectivity index (χ3v) is 3.80. The lowest BCUT2D eigenvalue weighted by Crippen LogP contribution is -2.05. The van der Waals surface area contributed by atoms with Crippen LogP contribution in [0, 0.1) is 0 Å². The van der Waals surface area contributed by atoms with Crippen LogP contribution < -0.4 is 4.74 Å². The van der Waals surface area contributed by atoms with E-state index in [1.54, 1.807) is 18.2 Å². The van der Waals surface area contributed by atoms with Gasteiger partial charge in [-0.2, -0.15) is 0 Å². The van der Waals surface area contributed by atoms with Gasteiger partial charge in [0.1, 0.15) is 11.5 Å². The van der Waals surface area contributed by atoms with Crippen LogP contribution in [0.3, 0.4) is 0 Å². The zero-order valence-corrected chi connectivity index (χ0v) is 13.8. The highest BCUT2D eigenvalue weighted by molar-refractivity contribution is 6.35. The fourth-order valence-corrected chi connectivity index (χ4v) is 2.45. The normalized spacial score (nSPS) is 11.8. The molecule has 1 atom stereocenters. The Morgan fingerprint density at radius 2 is 1.82 bits per heavy atom. The third kappa shape index (κ3) is 4.39. The van der Waals surface area contributed by atoms with Crippen LogP contribution >= 0.6 is 23.2 Å². The van der Waals surface area contributed by atoms with Gasteiger partial charge in [-0.3, -0.25) is 4.79 Å². The number of esters is 1. The van der Waals surface area contributed by atoms with Gasteiger partial charge in [-0.25, -0.2) is 0 Å². The van der Waals surface area contributed by atoms with Gasteiger partial charge in [0, 0.05) is 5.02 Å². The number of carbonyl (C=O) groups is 1. The molecule has 116 valence electrons. The SMILES string of the molecule is COC(=O)CC(C)c1ccc(Oc2ccc(Cl)cc2Cl)cc1. The van der Waals surface area contributed by atoms with E-state index in [0.29, 0.717) is 28.0 Å². The maximum atomic E-state index is 11.3. The van der Waals surface area contributed by atoms with Crippen molar-refractivity contribution in [3.8, 4) is 11.5 Å². The zero-order valence-electron chi connectivity index (χ0n) is 12.3. The monoisotopic (exact) mass is 338 g/mol. The molecule has 0 aromatic heterocycles. The van der Waals surface area contributed by atoms with Gasteiger partial charge < -0.3 is 9.47 Å². The maximum absolute atomic E-state index is 11.3. The molecule has 0 aliphatic heterocycles. The van der Waals surface area contributed by atoms with Crippen molar-refractivity contribution >= 4 is 29.2 Å². The molecule has 2 aromatic rings. The first kappa shape index (κ1) is 16.7. The van der Waals surface area contributed by atoms with Crippen LogP contribution in [0.4, 0.5) is 0 Å². The highest BCUT2D eigenvalue weighted by Crippen LogP contribution is 2.32. The van der Waals surface area contributed by atoms with Crippen LogP contribution in [-0.4, -0.2) is 13.1 Å². The Balaban J connectivity index is 2.07. The van der Waals surface area contributed by atoms with Crippen LogP contribution in [0.2, 0.25) is 10.0 Å². The number of benzene rings is 2. The number of rotatable bonds is 5. The minimum absolute atomic E-state index is 0.0839. The molecule has 2 aromatic carbocycles. The Kier molecular flexibility index (Phi) is 5.69. The highest BCUT2D eigenvalue weighted by Gasteiger charge is 2.12. The van der Waals surface area contributed by atoms with E-state index in [9.17, 15) is 4.79 Å². The largest absolute Gasteiger partial charge is 0.469 e. The summed E-state index contributed by atoms with van der Waals surface area (Å²) in [5.74, 6) is 1.07. The lowest BCUT2D eigenvalue weighted by molar-refractivity contribution is -0.140. The standard InChI is InChI=1S/C17H16Cl2O3/c1-11(9-17(20)21-2)12-3-6-14(7-4-12)22-16-8-5-13(18)10-15(16)19/h3-8,10-11H,9H2,1-2H3. The number of hydrogen-bond acceptors (Lipinski definition) is 3. The van der Waals surface area contributed by atoms with Crippen LogP contribution in [0.1, 0.15) is 24.8 Å². The molecule has 1 unspecified atom stereocenters. The van der Waals surface area contributed by atoms with E-state index in [0.717, 1.165) is 5.56 Å². The number of carbonyl (C=O) groups excluding carboxylic acids is 1. The maximum Gasteiger partial charge on any atom is 0.306 e. The highest BCUT2D eigenvalue weighted by atomic mass is 35.5. The minimum Gasteiger partial charge on any atom is -0.469 e. The van der Waals surface area contributed by atoms with Crippen molar-refractivity contribution < 1.29 is 14.3 Å². The van der Waals surface area contributed by atoms with Crippen molar-refractivity contribution in [2.45, 2.75) is 19.3 Å². The van der Waals surface area contributed by atoms with E-state index in [1.807, 2.05) is 31.2 Å². The molecule has 22 heavy (non-hydrogen) atoms. The van der Waals surface area contributed by atoms with Crippen LogP contribution in [0.5, 0.6) is 11.5 Å². The van der Waals surface area contributed by atoms with Crippen LogP contribution in [0.15, 0.2) is 42.5 Å². The second kappa shape index (κ2) is 7.52. The van der Waals surface area contributed by atoms with E-state index < -0.39 is 0 Å². The molecule has 0 amide bonds. The molecule has 5 heteroatoms. The minimum atomic E-state index is -0.222. The topological polar surface area (TPSA) is 35.5 Å².